The topological polar surface area (TPSA) is 72.2 Å². The van der Waals surface area contributed by atoms with Crippen LogP contribution in [0.3, 0.4) is 0 Å². The van der Waals surface area contributed by atoms with Crippen LogP contribution in [0.1, 0.15) is 46.2 Å². The van der Waals surface area contributed by atoms with E-state index in [9.17, 15) is 14.7 Å². The molecule has 1 N–H and O–H groups in total. The molecule has 0 unspecified atom stereocenters. The van der Waals surface area contributed by atoms with Gasteiger partial charge in [0.2, 0.25) is 5.43 Å². The highest BCUT2D eigenvalue weighted by Gasteiger charge is 2.28. The van der Waals surface area contributed by atoms with Crippen LogP contribution in [0.5, 0.6) is 0 Å². The summed E-state index contributed by atoms with van der Waals surface area (Å²) in [5.41, 5.74) is 4.83. The van der Waals surface area contributed by atoms with Crippen molar-refractivity contribution in [3.8, 4) is 11.1 Å². The van der Waals surface area contributed by atoms with Gasteiger partial charge in [0.25, 0.3) is 0 Å². The molecule has 1 aliphatic carbocycles. The van der Waals surface area contributed by atoms with E-state index in [0.29, 0.717) is 11.3 Å². The molecule has 5 nitrogen and oxygen atoms in total. The maximum Gasteiger partial charge on any atom is 0.341 e. The quantitative estimate of drug-likeness (QED) is 0.676. The second kappa shape index (κ2) is 6.50. The number of benzene rings is 1. The van der Waals surface area contributed by atoms with Crippen LogP contribution in [0.25, 0.3) is 22.0 Å². The highest BCUT2D eigenvalue weighted by Crippen LogP contribution is 2.39. The molecule has 0 radical (unpaired) electrons. The van der Waals surface area contributed by atoms with Crippen molar-refractivity contribution in [2.24, 2.45) is 0 Å². The molecule has 2 heterocycles. The van der Waals surface area contributed by atoms with Gasteiger partial charge in [-0.2, -0.15) is 0 Å². The Balaban J connectivity index is 2.04. The molecule has 0 aliphatic heterocycles. The number of aryl methyl sites for hydroxylation is 2. The van der Waals surface area contributed by atoms with Crippen LogP contribution in [0, 0.1) is 13.8 Å². The zero-order chi connectivity index (χ0) is 19.3. The second-order valence-electron chi connectivity index (χ2n) is 7.07. The lowest BCUT2D eigenvalue weighted by atomic mass is 9.96. The first-order valence-corrected chi connectivity index (χ1v) is 9.39. The van der Waals surface area contributed by atoms with E-state index < -0.39 is 11.4 Å². The van der Waals surface area contributed by atoms with Crippen LogP contribution in [0.2, 0.25) is 0 Å². The second-order valence-corrected chi connectivity index (χ2v) is 7.34. The average molecular weight is 383 g/mol. The first kappa shape index (κ1) is 17.7. The Hall–Kier alpha value is -2.66. The number of alkyl halides is 1. The van der Waals surface area contributed by atoms with Gasteiger partial charge >= 0.3 is 5.97 Å². The summed E-state index contributed by atoms with van der Waals surface area (Å²) < 4.78 is 1.97. The third-order valence-electron chi connectivity index (χ3n) is 5.07. The molecule has 138 valence electrons. The van der Waals surface area contributed by atoms with E-state index in [1.54, 1.807) is 6.07 Å². The van der Waals surface area contributed by atoms with Crippen LogP contribution in [0.15, 0.2) is 35.3 Å². The zero-order valence-electron chi connectivity index (χ0n) is 15.1. The summed E-state index contributed by atoms with van der Waals surface area (Å²) in [6.07, 6.45) is 3.49. The number of nitrogens with zero attached hydrogens (tertiary/aromatic N) is 2. The monoisotopic (exact) mass is 382 g/mol. The van der Waals surface area contributed by atoms with Crippen LogP contribution >= 0.6 is 11.6 Å². The fourth-order valence-electron chi connectivity index (χ4n) is 3.69. The van der Waals surface area contributed by atoms with Crippen molar-refractivity contribution in [1.82, 2.24) is 9.55 Å². The smallest absolute Gasteiger partial charge is 0.341 e. The first-order valence-electron chi connectivity index (χ1n) is 8.86. The molecular formula is C21H19ClN2O3. The Bertz CT molecular complexity index is 1150. The molecule has 0 atom stereocenters. The number of hydrogen-bond acceptors (Lipinski definition) is 3. The Kier molecular flexibility index (Phi) is 4.27. The third-order valence-corrected chi connectivity index (χ3v) is 5.35. The van der Waals surface area contributed by atoms with E-state index in [0.717, 1.165) is 46.4 Å². The number of hydrogen-bond donors (Lipinski definition) is 1. The van der Waals surface area contributed by atoms with Crippen LogP contribution in [-0.2, 0) is 5.88 Å². The van der Waals surface area contributed by atoms with Gasteiger partial charge in [-0.05, 0) is 61.6 Å². The summed E-state index contributed by atoms with van der Waals surface area (Å²) in [4.78, 5) is 28.6. The minimum Gasteiger partial charge on any atom is -0.477 e. The Labute approximate surface area is 161 Å². The number of rotatable bonds is 4. The van der Waals surface area contributed by atoms with E-state index >= 15 is 0 Å². The van der Waals surface area contributed by atoms with Crippen molar-refractivity contribution in [2.45, 2.75) is 38.6 Å². The molecule has 4 rings (SSSR count). The van der Waals surface area contributed by atoms with Crippen molar-refractivity contribution < 1.29 is 9.90 Å². The van der Waals surface area contributed by atoms with Crippen molar-refractivity contribution in [2.75, 3.05) is 0 Å². The number of aromatic carboxylic acids is 1. The molecule has 0 amide bonds. The van der Waals surface area contributed by atoms with Gasteiger partial charge in [-0.25, -0.2) is 4.79 Å². The molecular weight excluding hydrogens is 364 g/mol. The highest BCUT2D eigenvalue weighted by atomic mass is 35.5. The number of halogens is 1. The normalized spacial score (nSPS) is 13.9. The van der Waals surface area contributed by atoms with E-state index in [1.807, 2.05) is 36.6 Å². The van der Waals surface area contributed by atoms with Gasteiger partial charge in [-0.1, -0.05) is 6.07 Å². The molecule has 0 bridgehead atoms. The number of aromatic nitrogens is 2. The lowest BCUT2D eigenvalue weighted by molar-refractivity contribution is 0.0695. The maximum atomic E-state index is 12.7. The summed E-state index contributed by atoms with van der Waals surface area (Å²) in [6.45, 7) is 3.90. The van der Waals surface area contributed by atoms with Crippen LogP contribution in [0.4, 0.5) is 0 Å². The molecule has 1 saturated carbocycles. The molecule has 6 heteroatoms. The summed E-state index contributed by atoms with van der Waals surface area (Å²) >= 11 is 5.97. The molecule has 1 aromatic carbocycles. The van der Waals surface area contributed by atoms with E-state index in [4.69, 9.17) is 11.6 Å². The molecule has 1 aliphatic rings. The standard InChI is InChI=1S/C21H19ClN2O3/c1-11-7-13(8-14(9-22)23-11)16-5-6-17-19(12(16)2)24(15-3-4-15)10-18(20(17)25)21(26)27/h5-8,10,15H,3-4,9H2,1-2H3,(H,26,27). The Morgan fingerprint density at radius 3 is 2.67 bits per heavy atom. The minimum atomic E-state index is -1.19. The Morgan fingerprint density at radius 2 is 2.04 bits per heavy atom. The van der Waals surface area contributed by atoms with E-state index in [-0.39, 0.29) is 11.6 Å². The maximum absolute atomic E-state index is 12.7. The van der Waals surface area contributed by atoms with Crippen molar-refractivity contribution in [3.63, 3.8) is 0 Å². The fraction of sp³-hybridized carbons (Fsp3) is 0.286. The van der Waals surface area contributed by atoms with Crippen molar-refractivity contribution in [1.29, 1.82) is 0 Å². The molecule has 1 fully saturated rings. The lowest BCUT2D eigenvalue weighted by Gasteiger charge is -2.17. The number of carbonyl (C=O) groups is 1. The van der Waals surface area contributed by atoms with Gasteiger partial charge in [0, 0.05) is 23.3 Å². The predicted octanol–water partition coefficient (Wildman–Crippen LogP) is 4.45. The number of carboxylic acid groups (broad SMARTS) is 1. The predicted molar refractivity (Wildman–Crippen MR) is 106 cm³/mol. The van der Waals surface area contributed by atoms with Gasteiger partial charge in [-0.3, -0.25) is 9.78 Å². The van der Waals surface area contributed by atoms with Gasteiger partial charge in [0.05, 0.1) is 17.1 Å². The molecule has 2 aromatic heterocycles. The van der Waals surface area contributed by atoms with E-state index in [2.05, 4.69) is 4.98 Å². The number of carboxylic acids is 1. The van der Waals surface area contributed by atoms with E-state index in [1.165, 1.54) is 6.20 Å². The summed E-state index contributed by atoms with van der Waals surface area (Å²) in [6, 6.07) is 7.82. The minimum absolute atomic E-state index is 0.175. The average Bonchev–Trinajstić information content (AvgIpc) is 3.46. The number of fused-ring (bicyclic) bond motifs is 1. The third kappa shape index (κ3) is 3.02. The van der Waals surface area contributed by atoms with Crippen LogP contribution < -0.4 is 5.43 Å². The number of pyridine rings is 2. The summed E-state index contributed by atoms with van der Waals surface area (Å²) in [5.74, 6) is -0.856. The van der Waals surface area contributed by atoms with Gasteiger partial charge in [0.15, 0.2) is 0 Å². The molecule has 0 saturated heterocycles. The first-order chi connectivity index (χ1) is 12.9. The summed E-state index contributed by atoms with van der Waals surface area (Å²) in [5, 5.41) is 9.86. The lowest BCUT2D eigenvalue weighted by Crippen LogP contribution is -2.19. The largest absolute Gasteiger partial charge is 0.477 e. The molecule has 0 spiro atoms. The van der Waals surface area contributed by atoms with Gasteiger partial charge < -0.3 is 9.67 Å². The Morgan fingerprint density at radius 1 is 1.30 bits per heavy atom. The van der Waals surface area contributed by atoms with Crippen molar-refractivity contribution in [3.05, 3.63) is 63.2 Å². The molecule has 3 aromatic rings. The van der Waals surface area contributed by atoms with Crippen LogP contribution in [-0.4, -0.2) is 20.6 Å². The molecule has 27 heavy (non-hydrogen) atoms. The zero-order valence-corrected chi connectivity index (χ0v) is 15.9. The van der Waals surface area contributed by atoms with Gasteiger partial charge in [0.1, 0.15) is 5.56 Å². The summed E-state index contributed by atoms with van der Waals surface area (Å²) in [7, 11) is 0. The fourth-order valence-corrected chi connectivity index (χ4v) is 3.83. The highest BCUT2D eigenvalue weighted by molar-refractivity contribution is 6.16. The van der Waals surface area contributed by atoms with Crippen molar-refractivity contribution >= 4 is 28.5 Å². The van der Waals surface area contributed by atoms with Gasteiger partial charge in [-0.15, -0.1) is 11.6 Å². The SMILES string of the molecule is Cc1cc(-c2ccc3c(=O)c(C(=O)O)cn(C4CC4)c3c2C)cc(CCl)n1.